The Morgan fingerprint density at radius 3 is 2.52 bits per heavy atom. The van der Waals surface area contributed by atoms with Gasteiger partial charge in [0.15, 0.2) is 5.69 Å². The number of nitrogens with one attached hydrogen (secondary N) is 1. The Morgan fingerprint density at radius 1 is 1.26 bits per heavy atom. The van der Waals surface area contributed by atoms with Gasteiger partial charge in [0.2, 0.25) is 0 Å². The van der Waals surface area contributed by atoms with E-state index in [4.69, 9.17) is 0 Å². The summed E-state index contributed by atoms with van der Waals surface area (Å²) in [6, 6.07) is 1.48. The summed E-state index contributed by atoms with van der Waals surface area (Å²) in [5.74, 6) is -0.420. The Balaban J connectivity index is 1.93. The van der Waals surface area contributed by atoms with Crippen molar-refractivity contribution in [3.8, 4) is 0 Å². The Hall–Kier alpha value is -2.69. The molecule has 7 nitrogen and oxygen atoms in total. The highest BCUT2D eigenvalue weighted by Gasteiger charge is 2.35. The Kier molecular flexibility index (Phi) is 4.58. The largest absolute Gasteiger partial charge is 0.435 e. The Morgan fingerprint density at radius 2 is 1.93 bits per heavy atom. The van der Waals surface area contributed by atoms with E-state index in [-0.39, 0.29) is 11.5 Å². The van der Waals surface area contributed by atoms with E-state index in [2.05, 4.69) is 15.5 Å². The van der Waals surface area contributed by atoms with Gasteiger partial charge in [-0.2, -0.15) is 18.3 Å². The van der Waals surface area contributed by atoms with Crippen molar-refractivity contribution in [2.75, 3.05) is 5.43 Å². The number of alkyl halides is 3. The van der Waals surface area contributed by atoms with Crippen LogP contribution in [0, 0.1) is 20.8 Å². The third-order valence-corrected chi connectivity index (χ3v) is 4.98. The predicted octanol–water partition coefficient (Wildman–Crippen LogP) is 2.93. The first-order valence-electron chi connectivity index (χ1n) is 7.93. The van der Waals surface area contributed by atoms with Gasteiger partial charge in [0.25, 0.3) is 11.5 Å². The highest BCUT2D eigenvalue weighted by atomic mass is 32.1. The van der Waals surface area contributed by atoms with Crippen molar-refractivity contribution < 1.29 is 18.0 Å². The zero-order valence-corrected chi connectivity index (χ0v) is 15.7. The lowest BCUT2D eigenvalue weighted by molar-refractivity contribution is -0.141. The molecule has 1 N–H and O–H groups in total. The van der Waals surface area contributed by atoms with Crippen molar-refractivity contribution in [1.29, 1.82) is 0 Å². The van der Waals surface area contributed by atoms with Crippen LogP contribution in [-0.2, 0) is 11.0 Å². The molecule has 11 heteroatoms. The number of rotatable bonds is 3. The molecule has 0 unspecified atom stereocenters. The summed E-state index contributed by atoms with van der Waals surface area (Å²) in [6.07, 6.45) is -4.61. The van der Waals surface area contributed by atoms with E-state index in [0.717, 1.165) is 20.3 Å². The van der Waals surface area contributed by atoms with E-state index in [1.165, 1.54) is 25.2 Å². The molecular weight excluding hydrogens is 383 g/mol. The fraction of sp³-hybridized carbons (Fsp3) is 0.375. The Bertz CT molecular complexity index is 1100. The van der Waals surface area contributed by atoms with Gasteiger partial charge in [-0.05, 0) is 39.8 Å². The van der Waals surface area contributed by atoms with Crippen LogP contribution in [-0.4, -0.2) is 25.3 Å². The van der Waals surface area contributed by atoms with Crippen LogP contribution in [0.4, 0.5) is 13.2 Å². The van der Waals surface area contributed by atoms with Gasteiger partial charge >= 0.3 is 6.18 Å². The summed E-state index contributed by atoms with van der Waals surface area (Å²) in [4.78, 5) is 30.9. The summed E-state index contributed by atoms with van der Waals surface area (Å²) < 4.78 is 40.4. The number of hydrogen-bond donors (Lipinski definition) is 1. The van der Waals surface area contributed by atoms with Gasteiger partial charge in [0.1, 0.15) is 16.7 Å². The van der Waals surface area contributed by atoms with Crippen LogP contribution in [0.3, 0.4) is 0 Å². The minimum atomic E-state index is -4.61. The molecule has 3 rings (SSSR count). The molecule has 27 heavy (non-hydrogen) atoms. The quantitative estimate of drug-likeness (QED) is 0.734. The van der Waals surface area contributed by atoms with Crippen molar-refractivity contribution in [1.82, 2.24) is 19.4 Å². The molecule has 0 fully saturated rings. The third-order valence-electron chi connectivity index (χ3n) is 4.04. The van der Waals surface area contributed by atoms with E-state index in [9.17, 15) is 22.8 Å². The topological polar surface area (TPSA) is 81.8 Å². The molecule has 0 saturated carbocycles. The number of aromatic nitrogens is 4. The number of carbonyl (C=O) groups excluding carboxylic acids is 1. The van der Waals surface area contributed by atoms with Crippen molar-refractivity contribution in [2.45, 2.75) is 39.9 Å². The summed E-state index contributed by atoms with van der Waals surface area (Å²) >= 11 is 1.36. The lowest BCUT2D eigenvalue weighted by atomic mass is 10.3. The summed E-state index contributed by atoms with van der Waals surface area (Å²) in [5, 5.41) is 3.84. The van der Waals surface area contributed by atoms with Crippen molar-refractivity contribution >= 4 is 27.5 Å². The third kappa shape index (κ3) is 3.46. The highest BCUT2D eigenvalue weighted by Crippen LogP contribution is 2.29. The molecular formula is C16H16F3N5O2S. The van der Waals surface area contributed by atoms with E-state index in [0.29, 0.717) is 10.2 Å². The summed E-state index contributed by atoms with van der Waals surface area (Å²) in [5.41, 5.74) is 1.07. The maximum atomic E-state index is 12.8. The summed E-state index contributed by atoms with van der Waals surface area (Å²) in [6.45, 7) is 6.22. The molecule has 0 spiro atoms. The molecule has 3 aromatic rings. The SMILES string of the molecule is Cc1cc2c(=O)n(NC(=O)[C@@H](C)n3nc(C(F)(F)F)cc3C)c(C)nc2s1. The molecule has 1 amide bonds. The van der Waals surface area contributed by atoms with Crippen LogP contribution < -0.4 is 11.0 Å². The molecule has 0 radical (unpaired) electrons. The van der Waals surface area contributed by atoms with Crippen LogP contribution in [0.1, 0.15) is 35.1 Å². The number of hydrogen-bond acceptors (Lipinski definition) is 5. The van der Waals surface area contributed by atoms with E-state index >= 15 is 0 Å². The van der Waals surface area contributed by atoms with Crippen LogP contribution in [0.5, 0.6) is 0 Å². The van der Waals surface area contributed by atoms with Gasteiger partial charge < -0.3 is 0 Å². The van der Waals surface area contributed by atoms with Crippen LogP contribution >= 0.6 is 11.3 Å². The molecule has 0 aliphatic rings. The number of nitrogens with zero attached hydrogens (tertiary/aromatic N) is 4. The molecule has 1 atom stereocenters. The zero-order valence-electron chi connectivity index (χ0n) is 14.9. The second-order valence-electron chi connectivity index (χ2n) is 6.14. The standard InChI is InChI=1S/C16H16F3N5O2S/c1-7-5-12(16(17,18)19)21-23(7)9(3)13(25)22-24-10(4)20-14-11(15(24)26)6-8(2)27-14/h5-6,9H,1-4H3,(H,22,25)/t9-/m1/s1. The molecule has 0 saturated heterocycles. The normalized spacial score (nSPS) is 13.1. The molecule has 0 bridgehead atoms. The van der Waals surface area contributed by atoms with E-state index < -0.39 is 29.4 Å². The second-order valence-corrected chi connectivity index (χ2v) is 7.38. The average Bonchev–Trinajstić information content (AvgIpc) is 3.12. The number of thiophene rings is 1. The van der Waals surface area contributed by atoms with Gasteiger partial charge in [-0.1, -0.05) is 0 Å². The lowest BCUT2D eigenvalue weighted by Gasteiger charge is -2.16. The Labute approximate surface area is 155 Å². The predicted molar refractivity (Wildman–Crippen MR) is 94.4 cm³/mol. The van der Waals surface area contributed by atoms with E-state index in [1.54, 1.807) is 13.0 Å². The zero-order chi connectivity index (χ0) is 20.1. The highest BCUT2D eigenvalue weighted by molar-refractivity contribution is 7.18. The van der Waals surface area contributed by atoms with Crippen molar-refractivity contribution in [2.24, 2.45) is 0 Å². The minimum Gasteiger partial charge on any atom is -0.271 e. The molecule has 0 aliphatic heterocycles. The second kappa shape index (κ2) is 6.48. The van der Waals surface area contributed by atoms with Gasteiger partial charge in [-0.3, -0.25) is 19.7 Å². The van der Waals surface area contributed by atoms with Crippen LogP contribution in [0.25, 0.3) is 10.2 Å². The smallest absolute Gasteiger partial charge is 0.271 e. The first-order chi connectivity index (χ1) is 12.5. The maximum absolute atomic E-state index is 12.8. The first-order valence-corrected chi connectivity index (χ1v) is 8.74. The monoisotopic (exact) mass is 399 g/mol. The first kappa shape index (κ1) is 19.1. The van der Waals surface area contributed by atoms with Crippen LogP contribution in [0.2, 0.25) is 0 Å². The van der Waals surface area contributed by atoms with Crippen LogP contribution in [0.15, 0.2) is 16.9 Å². The minimum absolute atomic E-state index is 0.177. The van der Waals surface area contributed by atoms with Crippen molar-refractivity contribution in [3.63, 3.8) is 0 Å². The summed E-state index contributed by atoms with van der Waals surface area (Å²) in [7, 11) is 0. The number of amides is 1. The average molecular weight is 399 g/mol. The molecule has 3 heterocycles. The maximum Gasteiger partial charge on any atom is 0.435 e. The molecule has 0 aromatic carbocycles. The molecule has 0 aliphatic carbocycles. The van der Waals surface area contributed by atoms with Gasteiger partial charge in [0.05, 0.1) is 5.39 Å². The van der Waals surface area contributed by atoms with Crippen molar-refractivity contribution in [3.05, 3.63) is 44.6 Å². The number of halogens is 3. The van der Waals surface area contributed by atoms with Gasteiger partial charge in [-0.15, -0.1) is 11.3 Å². The van der Waals surface area contributed by atoms with Gasteiger partial charge in [-0.25, -0.2) is 9.66 Å². The molecule has 144 valence electrons. The fourth-order valence-corrected chi connectivity index (χ4v) is 3.58. The lowest BCUT2D eigenvalue weighted by Crippen LogP contribution is -2.38. The number of aryl methyl sites for hydroxylation is 3. The molecule has 3 aromatic heterocycles. The van der Waals surface area contributed by atoms with Gasteiger partial charge in [0, 0.05) is 10.6 Å². The number of fused-ring (bicyclic) bond motifs is 1. The number of carbonyl (C=O) groups is 1. The van der Waals surface area contributed by atoms with E-state index in [1.807, 2.05) is 6.92 Å². The fourth-order valence-electron chi connectivity index (χ4n) is 2.67.